The van der Waals surface area contributed by atoms with Gasteiger partial charge in [0.05, 0.1) is 0 Å². The van der Waals surface area contributed by atoms with Crippen LogP contribution in [0.2, 0.25) is 0 Å². The zero-order chi connectivity index (χ0) is 22.6. The Morgan fingerprint density at radius 2 is 1.63 bits per heavy atom. The van der Waals surface area contributed by atoms with Crippen LogP contribution >= 0.6 is 0 Å². The lowest BCUT2D eigenvalue weighted by Crippen LogP contribution is -2.51. The molecule has 2 nitrogen and oxygen atoms in total. The maximum absolute atomic E-state index is 14.3. The lowest BCUT2D eigenvalue weighted by molar-refractivity contribution is 0.0981. The summed E-state index contributed by atoms with van der Waals surface area (Å²) in [5.74, 6) is 0. The van der Waals surface area contributed by atoms with E-state index in [1.54, 1.807) is 0 Å². The van der Waals surface area contributed by atoms with Crippen molar-refractivity contribution < 1.29 is 4.39 Å². The first-order valence-electron chi connectivity index (χ1n) is 11.9. The molecule has 2 heterocycles. The molecule has 0 N–H and O–H groups in total. The fourth-order valence-electron chi connectivity index (χ4n) is 5.90. The summed E-state index contributed by atoms with van der Waals surface area (Å²) in [6.07, 6.45) is 2.07. The Labute approximate surface area is 185 Å². The number of benzene rings is 1. The molecule has 2 aliphatic heterocycles. The van der Waals surface area contributed by atoms with E-state index >= 15 is 0 Å². The van der Waals surface area contributed by atoms with Crippen LogP contribution < -0.4 is 4.90 Å². The highest BCUT2D eigenvalue weighted by molar-refractivity contribution is 5.63. The van der Waals surface area contributed by atoms with E-state index in [0.717, 1.165) is 12.8 Å². The molecule has 1 saturated heterocycles. The highest BCUT2D eigenvalue weighted by atomic mass is 19.1. The van der Waals surface area contributed by atoms with Gasteiger partial charge in [-0.15, -0.1) is 0 Å². The topological polar surface area (TPSA) is 6.48 Å². The third-order valence-corrected chi connectivity index (χ3v) is 7.37. The Morgan fingerprint density at radius 3 is 2.17 bits per heavy atom. The normalized spacial score (nSPS) is 26.0. The van der Waals surface area contributed by atoms with Crippen LogP contribution in [0.4, 0.5) is 10.1 Å². The highest BCUT2D eigenvalue weighted by Gasteiger charge is 2.44. The highest BCUT2D eigenvalue weighted by Crippen LogP contribution is 2.45. The van der Waals surface area contributed by atoms with Gasteiger partial charge in [-0.1, -0.05) is 46.8 Å². The minimum Gasteiger partial charge on any atom is -0.363 e. The van der Waals surface area contributed by atoms with E-state index < -0.39 is 6.17 Å². The van der Waals surface area contributed by atoms with Crippen LogP contribution in [0.5, 0.6) is 0 Å². The largest absolute Gasteiger partial charge is 0.363 e. The Morgan fingerprint density at radius 1 is 1.00 bits per heavy atom. The summed E-state index contributed by atoms with van der Waals surface area (Å²) >= 11 is 0. The van der Waals surface area contributed by atoms with E-state index in [1.165, 1.54) is 16.8 Å². The van der Waals surface area contributed by atoms with Crippen molar-refractivity contribution in [1.29, 1.82) is 0 Å². The number of nitrogens with zero attached hydrogens (tertiary/aromatic N) is 2. The zero-order valence-electron chi connectivity index (χ0n) is 21.1. The Kier molecular flexibility index (Phi) is 6.13. The second-order valence-electron chi connectivity index (χ2n) is 12.9. The molecule has 0 amide bonds. The molecule has 3 atom stereocenters. The smallest absolute Gasteiger partial charge is 0.114 e. The molecular formula is C27H45FN2. The number of likely N-dealkylation sites (tertiary alicyclic amines) is 1. The standard InChI is InChI=1S/C27H45FN2/c1-18(2)29-17-21(28)15-24(29)27(9,10)16-19-11-12-20-14-23(25(3,4)5)30(22(20)13-19)26(6,7)8/h11-13,18,21,23-24H,14-17H2,1-10H3. The first-order valence-corrected chi connectivity index (χ1v) is 11.9. The van der Waals surface area contributed by atoms with E-state index in [1.807, 2.05) is 0 Å². The molecule has 0 spiro atoms. The van der Waals surface area contributed by atoms with Crippen molar-refractivity contribution in [3.8, 4) is 0 Å². The summed E-state index contributed by atoms with van der Waals surface area (Å²) in [7, 11) is 0. The van der Waals surface area contributed by atoms with Crippen LogP contribution in [-0.4, -0.2) is 41.3 Å². The molecule has 0 saturated carbocycles. The van der Waals surface area contributed by atoms with Gasteiger partial charge < -0.3 is 4.90 Å². The lowest BCUT2D eigenvalue weighted by atomic mass is 9.77. The second-order valence-corrected chi connectivity index (χ2v) is 12.9. The van der Waals surface area contributed by atoms with E-state index in [-0.39, 0.29) is 16.4 Å². The fourth-order valence-corrected chi connectivity index (χ4v) is 5.90. The van der Waals surface area contributed by atoms with Gasteiger partial charge in [-0.25, -0.2) is 4.39 Å². The molecule has 1 aromatic rings. The van der Waals surface area contributed by atoms with Crippen molar-refractivity contribution in [2.75, 3.05) is 11.4 Å². The van der Waals surface area contributed by atoms with Gasteiger partial charge in [-0.2, -0.15) is 0 Å². The molecule has 0 aromatic heterocycles. The molecule has 3 heteroatoms. The molecule has 170 valence electrons. The fraction of sp³-hybridized carbons (Fsp3) is 0.778. The zero-order valence-corrected chi connectivity index (χ0v) is 21.1. The molecule has 0 bridgehead atoms. The van der Waals surface area contributed by atoms with E-state index in [0.29, 0.717) is 31.1 Å². The van der Waals surface area contributed by atoms with Crippen molar-refractivity contribution in [3.05, 3.63) is 29.3 Å². The monoisotopic (exact) mass is 416 g/mol. The van der Waals surface area contributed by atoms with Crippen LogP contribution in [-0.2, 0) is 12.8 Å². The third kappa shape index (κ3) is 4.56. The van der Waals surface area contributed by atoms with Crippen molar-refractivity contribution in [2.45, 2.75) is 118 Å². The minimum absolute atomic E-state index is 0.0357. The van der Waals surface area contributed by atoms with E-state index in [2.05, 4.69) is 97.2 Å². The Hall–Kier alpha value is -1.09. The van der Waals surface area contributed by atoms with Gasteiger partial charge in [0.2, 0.25) is 0 Å². The number of alkyl halides is 1. The summed E-state index contributed by atoms with van der Waals surface area (Å²) in [5.41, 5.74) is 4.61. The predicted octanol–water partition coefficient (Wildman–Crippen LogP) is 6.65. The summed E-state index contributed by atoms with van der Waals surface area (Å²) < 4.78 is 14.3. The molecule has 1 fully saturated rings. The number of rotatable bonds is 4. The van der Waals surface area contributed by atoms with Crippen LogP contribution in [0.1, 0.15) is 86.8 Å². The maximum atomic E-state index is 14.3. The minimum atomic E-state index is -0.694. The van der Waals surface area contributed by atoms with Gasteiger partial charge in [0.1, 0.15) is 6.17 Å². The van der Waals surface area contributed by atoms with Gasteiger partial charge in [-0.3, -0.25) is 4.90 Å². The van der Waals surface area contributed by atoms with E-state index in [4.69, 9.17) is 0 Å². The molecule has 0 aliphatic carbocycles. The van der Waals surface area contributed by atoms with E-state index in [9.17, 15) is 4.39 Å². The molecule has 0 radical (unpaired) electrons. The Balaban J connectivity index is 1.90. The van der Waals surface area contributed by atoms with Gasteiger partial charge >= 0.3 is 0 Å². The second kappa shape index (κ2) is 7.80. The summed E-state index contributed by atoms with van der Waals surface area (Å²) in [6.45, 7) is 23.7. The predicted molar refractivity (Wildman–Crippen MR) is 128 cm³/mol. The SMILES string of the molecule is CC(C)N1CC(F)CC1C(C)(C)Cc1ccc2c(c1)N(C(C)(C)C)C(C(C)(C)C)C2. The summed E-state index contributed by atoms with van der Waals surface area (Å²) in [6, 6.07) is 8.32. The molecule has 3 unspecified atom stereocenters. The van der Waals surface area contributed by atoms with Gasteiger partial charge in [0.25, 0.3) is 0 Å². The van der Waals surface area contributed by atoms with Crippen molar-refractivity contribution in [2.24, 2.45) is 10.8 Å². The maximum Gasteiger partial charge on any atom is 0.114 e. The molecule has 3 rings (SSSR count). The van der Waals surface area contributed by atoms with Gasteiger partial charge in [-0.05, 0) is 81.9 Å². The van der Waals surface area contributed by atoms with Crippen molar-refractivity contribution >= 4 is 5.69 Å². The van der Waals surface area contributed by atoms with Gasteiger partial charge in [0, 0.05) is 35.9 Å². The number of anilines is 1. The first kappa shape index (κ1) is 23.6. The lowest BCUT2D eigenvalue weighted by Gasteiger charge is -2.45. The van der Waals surface area contributed by atoms with Crippen LogP contribution in [0, 0.1) is 10.8 Å². The van der Waals surface area contributed by atoms with Crippen molar-refractivity contribution in [3.63, 3.8) is 0 Å². The van der Waals surface area contributed by atoms with Gasteiger partial charge in [0.15, 0.2) is 0 Å². The quantitative estimate of drug-likeness (QED) is 0.542. The number of halogens is 1. The third-order valence-electron chi connectivity index (χ3n) is 7.37. The number of hydrogen-bond acceptors (Lipinski definition) is 2. The number of hydrogen-bond donors (Lipinski definition) is 0. The first-order chi connectivity index (χ1) is 13.6. The molecule has 2 aliphatic rings. The average Bonchev–Trinajstić information content (AvgIpc) is 3.14. The van der Waals surface area contributed by atoms with Crippen LogP contribution in [0.25, 0.3) is 0 Å². The summed E-state index contributed by atoms with van der Waals surface area (Å²) in [5, 5.41) is 0. The molecule has 30 heavy (non-hydrogen) atoms. The molecule has 1 aromatic carbocycles. The average molecular weight is 417 g/mol. The van der Waals surface area contributed by atoms with Crippen molar-refractivity contribution in [1.82, 2.24) is 4.90 Å². The molecular weight excluding hydrogens is 371 g/mol. The Bertz CT molecular complexity index is 753. The number of fused-ring (bicyclic) bond motifs is 1. The van der Waals surface area contributed by atoms with Crippen LogP contribution in [0.3, 0.4) is 0 Å². The van der Waals surface area contributed by atoms with Crippen LogP contribution in [0.15, 0.2) is 18.2 Å². The summed E-state index contributed by atoms with van der Waals surface area (Å²) in [4.78, 5) is 5.04.